The molecule has 0 aliphatic heterocycles. The van der Waals surface area contributed by atoms with Gasteiger partial charge >= 0.3 is 0 Å². The fourth-order valence-corrected chi connectivity index (χ4v) is 5.06. The average molecular weight is 548 g/mol. The Balaban J connectivity index is 1.60. The molecule has 2 N–H and O–H groups in total. The number of thiazole rings is 1. The molecule has 1 aromatic carbocycles. The molecule has 0 amide bonds. The van der Waals surface area contributed by atoms with Crippen LogP contribution in [0, 0.1) is 35.0 Å². The molecule has 0 bridgehead atoms. The molecule has 3 heterocycles. The molecule has 1 aliphatic rings. The van der Waals surface area contributed by atoms with E-state index in [9.17, 15) is 19.3 Å². The van der Waals surface area contributed by atoms with Crippen molar-refractivity contribution in [2.45, 2.75) is 58.5 Å². The molecular weight excluding hydrogens is 520 g/mol. The molecule has 1 atom stereocenters. The van der Waals surface area contributed by atoms with E-state index in [0.29, 0.717) is 64.2 Å². The van der Waals surface area contributed by atoms with E-state index in [-0.39, 0.29) is 5.41 Å². The van der Waals surface area contributed by atoms with Gasteiger partial charge in [-0.15, -0.1) is 16.4 Å². The summed E-state index contributed by atoms with van der Waals surface area (Å²) < 4.78 is 28.8. The van der Waals surface area contributed by atoms with Crippen LogP contribution in [0.25, 0.3) is 10.9 Å². The Bertz CT molecular complexity index is 1620. The molecule has 1 saturated carbocycles. The van der Waals surface area contributed by atoms with E-state index >= 15 is 0 Å². The van der Waals surface area contributed by atoms with Gasteiger partial charge in [-0.1, -0.05) is 26.0 Å². The average Bonchev–Trinajstić information content (AvgIpc) is 3.37. The smallest absolute Gasteiger partial charge is 0.263 e. The van der Waals surface area contributed by atoms with E-state index in [1.165, 1.54) is 22.2 Å². The molecule has 1 fully saturated rings. The summed E-state index contributed by atoms with van der Waals surface area (Å²) in [4.78, 5) is 9.85. The predicted molar refractivity (Wildman–Crippen MR) is 145 cm³/mol. The standard InChI is InChI=1S/C27H27F2N9S/c1-15-21(34-14-39-15)24(20-12-38(37-36-20)27(5-6-27)25(28)29)35-18-7-16(9-30)22-19(8-18)23(17(10-31)11-32-22)33-13-26(2,3)4/h7-8,11-12,14,24-25,35H,5-6,13H2,1-4H3,(H,32,33)/t24-/m1/s1. The van der Waals surface area contributed by atoms with Crippen molar-refractivity contribution in [3.8, 4) is 12.1 Å². The molecule has 0 saturated heterocycles. The first-order valence-electron chi connectivity index (χ1n) is 12.4. The van der Waals surface area contributed by atoms with Gasteiger partial charge in [0.1, 0.15) is 29.4 Å². The van der Waals surface area contributed by atoms with Crippen LogP contribution >= 0.6 is 11.3 Å². The number of pyridine rings is 1. The minimum Gasteiger partial charge on any atom is -0.383 e. The summed E-state index contributed by atoms with van der Waals surface area (Å²) in [7, 11) is 0. The zero-order valence-electron chi connectivity index (χ0n) is 22.0. The number of nitrogens with zero attached hydrogens (tertiary/aromatic N) is 7. The van der Waals surface area contributed by atoms with Crippen LogP contribution in [0.2, 0.25) is 0 Å². The van der Waals surface area contributed by atoms with Crippen molar-refractivity contribution < 1.29 is 8.78 Å². The van der Waals surface area contributed by atoms with Crippen LogP contribution in [-0.4, -0.2) is 37.9 Å². The van der Waals surface area contributed by atoms with Gasteiger partial charge in [0.25, 0.3) is 6.43 Å². The second kappa shape index (κ2) is 9.86. The van der Waals surface area contributed by atoms with Crippen LogP contribution in [0.1, 0.15) is 67.0 Å². The van der Waals surface area contributed by atoms with E-state index in [0.717, 1.165) is 4.88 Å². The minimum absolute atomic E-state index is 0.0630. The summed E-state index contributed by atoms with van der Waals surface area (Å²) >= 11 is 1.46. The highest BCUT2D eigenvalue weighted by Gasteiger charge is 2.54. The van der Waals surface area contributed by atoms with E-state index in [1.807, 2.05) is 13.0 Å². The monoisotopic (exact) mass is 547 g/mol. The second-order valence-corrected chi connectivity index (χ2v) is 12.0. The number of hydrogen-bond acceptors (Lipinski definition) is 9. The van der Waals surface area contributed by atoms with E-state index in [2.05, 4.69) is 63.8 Å². The molecule has 1 aliphatic carbocycles. The largest absolute Gasteiger partial charge is 0.383 e. The molecule has 0 spiro atoms. The van der Waals surface area contributed by atoms with Crippen molar-refractivity contribution in [3.05, 3.63) is 57.4 Å². The van der Waals surface area contributed by atoms with Gasteiger partial charge in [0, 0.05) is 28.7 Å². The lowest BCUT2D eigenvalue weighted by Gasteiger charge is -2.22. The Hall–Kier alpha value is -4.16. The number of hydrogen-bond donors (Lipinski definition) is 2. The molecule has 200 valence electrons. The molecule has 12 heteroatoms. The van der Waals surface area contributed by atoms with Crippen LogP contribution < -0.4 is 10.6 Å². The number of aromatic nitrogens is 5. The summed E-state index contributed by atoms with van der Waals surface area (Å²) in [5.41, 5.74) is 3.78. The maximum atomic E-state index is 13.7. The highest BCUT2D eigenvalue weighted by molar-refractivity contribution is 7.09. The van der Waals surface area contributed by atoms with Gasteiger partial charge in [0.15, 0.2) is 0 Å². The first kappa shape index (κ1) is 26.4. The number of aryl methyl sites for hydroxylation is 1. The third kappa shape index (κ3) is 5.00. The number of alkyl halides is 2. The second-order valence-electron chi connectivity index (χ2n) is 11.0. The third-order valence-electron chi connectivity index (χ3n) is 6.81. The highest BCUT2D eigenvalue weighted by Crippen LogP contribution is 2.48. The molecule has 0 unspecified atom stereocenters. The SMILES string of the molecule is Cc1scnc1[C@H](Nc1cc(C#N)c2ncc(C#N)c(NCC(C)(C)C)c2c1)c1cn(C2(C(F)F)CC2)nn1. The third-order valence-corrected chi connectivity index (χ3v) is 7.58. The first-order chi connectivity index (χ1) is 18.6. The van der Waals surface area contributed by atoms with Gasteiger partial charge in [-0.2, -0.15) is 10.5 Å². The molecule has 3 aromatic heterocycles. The highest BCUT2D eigenvalue weighted by atomic mass is 32.1. The van der Waals surface area contributed by atoms with Gasteiger partial charge in [0.05, 0.1) is 39.7 Å². The van der Waals surface area contributed by atoms with Gasteiger partial charge in [-0.25, -0.2) is 18.4 Å². The lowest BCUT2D eigenvalue weighted by Crippen LogP contribution is -2.26. The first-order valence-corrected chi connectivity index (χ1v) is 13.3. The Morgan fingerprint density at radius 2 is 1.90 bits per heavy atom. The van der Waals surface area contributed by atoms with E-state index in [4.69, 9.17) is 0 Å². The number of anilines is 2. The number of nitrogens with one attached hydrogen (secondary N) is 2. The molecule has 5 rings (SSSR count). The van der Waals surface area contributed by atoms with Crippen LogP contribution in [-0.2, 0) is 5.54 Å². The summed E-state index contributed by atoms with van der Waals surface area (Å²) in [5, 5.41) is 35.4. The zero-order chi connectivity index (χ0) is 27.9. The quantitative estimate of drug-likeness (QED) is 0.285. The van der Waals surface area contributed by atoms with E-state index < -0.39 is 18.0 Å². The van der Waals surface area contributed by atoms with Gasteiger partial charge in [-0.3, -0.25) is 4.98 Å². The number of fused-ring (bicyclic) bond motifs is 1. The van der Waals surface area contributed by atoms with Crippen molar-refractivity contribution in [2.75, 3.05) is 17.2 Å². The van der Waals surface area contributed by atoms with Crippen molar-refractivity contribution >= 4 is 33.6 Å². The normalized spacial score (nSPS) is 15.1. The molecular formula is C27H27F2N9S. The van der Waals surface area contributed by atoms with E-state index in [1.54, 1.807) is 17.8 Å². The van der Waals surface area contributed by atoms with Crippen molar-refractivity contribution in [2.24, 2.45) is 5.41 Å². The summed E-state index contributed by atoms with van der Waals surface area (Å²) in [5.74, 6) is 0. The van der Waals surface area contributed by atoms with Crippen LogP contribution in [0.3, 0.4) is 0 Å². The lowest BCUT2D eigenvalue weighted by molar-refractivity contribution is 0.0593. The fourth-order valence-electron chi connectivity index (χ4n) is 4.44. The maximum absolute atomic E-state index is 13.7. The molecule has 4 aromatic rings. The number of benzene rings is 1. The Kier molecular flexibility index (Phi) is 6.69. The summed E-state index contributed by atoms with van der Waals surface area (Å²) in [6.07, 6.45) is 1.16. The topological polar surface area (TPSA) is 128 Å². The Morgan fingerprint density at radius 3 is 2.49 bits per heavy atom. The van der Waals surface area contributed by atoms with Gasteiger partial charge in [-0.05, 0) is 37.3 Å². The molecule has 39 heavy (non-hydrogen) atoms. The number of nitriles is 2. The van der Waals surface area contributed by atoms with Crippen molar-refractivity contribution in [3.63, 3.8) is 0 Å². The fraction of sp³-hybridized carbons (Fsp3) is 0.407. The van der Waals surface area contributed by atoms with Crippen LogP contribution in [0.5, 0.6) is 0 Å². The van der Waals surface area contributed by atoms with Crippen LogP contribution in [0.4, 0.5) is 20.2 Å². The molecule has 9 nitrogen and oxygen atoms in total. The maximum Gasteiger partial charge on any atom is 0.263 e. The van der Waals surface area contributed by atoms with Crippen LogP contribution in [0.15, 0.2) is 30.0 Å². The van der Waals surface area contributed by atoms with Crippen molar-refractivity contribution in [1.29, 1.82) is 10.5 Å². The van der Waals surface area contributed by atoms with Crippen molar-refractivity contribution in [1.82, 2.24) is 25.0 Å². The predicted octanol–water partition coefficient (Wildman–Crippen LogP) is 5.75. The van der Waals surface area contributed by atoms with Gasteiger partial charge < -0.3 is 10.6 Å². The zero-order valence-corrected chi connectivity index (χ0v) is 22.8. The minimum atomic E-state index is -2.54. The summed E-state index contributed by atoms with van der Waals surface area (Å²) in [6.45, 7) is 8.76. The van der Waals surface area contributed by atoms with Gasteiger partial charge in [0.2, 0.25) is 0 Å². The summed E-state index contributed by atoms with van der Waals surface area (Å²) in [6, 6.07) is 7.29. The Labute approximate surface area is 228 Å². The molecule has 0 radical (unpaired) electrons. The Morgan fingerprint density at radius 1 is 1.15 bits per heavy atom. The lowest BCUT2D eigenvalue weighted by atomic mass is 9.96. The number of halogens is 2. The number of rotatable bonds is 8.